The van der Waals surface area contributed by atoms with E-state index in [2.05, 4.69) is 0 Å². The molecule has 3 rings (SSSR count). The van der Waals surface area contributed by atoms with Gasteiger partial charge in [-0.1, -0.05) is 27.6 Å². The summed E-state index contributed by atoms with van der Waals surface area (Å²) in [6.07, 6.45) is -11.5. The summed E-state index contributed by atoms with van der Waals surface area (Å²) < 4.78 is 182. The number of rotatable bonds is 7. The Labute approximate surface area is 209 Å². The monoisotopic (exact) mass is 438 g/mol. The van der Waals surface area contributed by atoms with Gasteiger partial charge in [-0.2, -0.15) is 0 Å². The predicted octanol–water partition coefficient (Wildman–Crippen LogP) is 3.56. The highest BCUT2D eigenvalue weighted by Gasteiger charge is 2.41. The second-order valence-corrected chi connectivity index (χ2v) is 7.31. The summed E-state index contributed by atoms with van der Waals surface area (Å²) in [5.41, 5.74) is 3.70. The van der Waals surface area contributed by atoms with Crippen LogP contribution in [0.15, 0.2) is 12.1 Å². The first-order valence-electron chi connectivity index (χ1n) is 19.2. The standard InChI is InChI=1S/C24H38N2O4/c1-14(2)9-17-13-26-8-7-16-10-21(28-5)22(29-6)11-18(16)19(26)12-20(17)30-24(27)23(25)15(3)4/h10-11,14-15,17,19-20,23H,7-9,12-13,25H2,1-6H3/t17?,19?,20?,23-/m0/s1/i1D3,5D3,6D3,7D2,8D2,9D2,10D,11D,14D,19D,20D/t14?,17?,19?,20?,23-. The lowest BCUT2D eigenvalue weighted by Gasteiger charge is -2.47. The second kappa shape index (κ2) is 9.56. The summed E-state index contributed by atoms with van der Waals surface area (Å²) in [4.78, 5) is 13.6. The van der Waals surface area contributed by atoms with E-state index in [0.717, 1.165) is 0 Å². The predicted molar refractivity (Wildman–Crippen MR) is 118 cm³/mol. The molecule has 0 saturated carbocycles. The Balaban J connectivity index is 2.54. The molecule has 30 heavy (non-hydrogen) atoms. The highest BCUT2D eigenvalue weighted by atomic mass is 16.5. The topological polar surface area (TPSA) is 74.0 Å². The highest BCUT2D eigenvalue weighted by Crippen LogP contribution is 2.44. The van der Waals surface area contributed by atoms with Crippen LogP contribution in [0, 0.1) is 17.7 Å². The fraction of sp³-hybridized carbons (Fsp3) is 0.708. The lowest BCUT2D eigenvalue weighted by Crippen LogP contribution is -2.51. The molecule has 2 aliphatic heterocycles. The number of esters is 1. The van der Waals surface area contributed by atoms with Gasteiger partial charge in [0.05, 0.1) is 27.8 Å². The van der Waals surface area contributed by atoms with Crippen LogP contribution in [0.2, 0.25) is 0 Å². The van der Waals surface area contributed by atoms with Crippen molar-refractivity contribution in [2.45, 2.75) is 64.9 Å². The highest BCUT2D eigenvalue weighted by molar-refractivity contribution is 5.76. The van der Waals surface area contributed by atoms with Crippen LogP contribution in [0.3, 0.4) is 0 Å². The molecule has 2 aliphatic rings. The molecule has 1 fully saturated rings. The van der Waals surface area contributed by atoms with Crippen molar-refractivity contribution < 1.29 is 46.4 Å². The third kappa shape index (κ3) is 4.75. The smallest absolute Gasteiger partial charge is 0.323 e. The van der Waals surface area contributed by atoms with Gasteiger partial charge in [0.2, 0.25) is 0 Å². The van der Waals surface area contributed by atoms with E-state index in [1.165, 1.54) is 13.8 Å². The van der Waals surface area contributed by atoms with Crippen LogP contribution >= 0.6 is 0 Å². The quantitative estimate of drug-likeness (QED) is 0.656. The van der Waals surface area contributed by atoms with Crippen molar-refractivity contribution in [2.75, 3.05) is 27.1 Å². The van der Waals surface area contributed by atoms with Crippen molar-refractivity contribution in [3.63, 3.8) is 0 Å². The summed E-state index contributed by atoms with van der Waals surface area (Å²) in [5, 5.41) is 0. The molecule has 0 aliphatic carbocycles. The van der Waals surface area contributed by atoms with Gasteiger partial charge >= 0.3 is 5.97 Å². The molecule has 1 saturated heterocycles. The molecule has 4 unspecified atom stereocenters. The molecule has 0 radical (unpaired) electrons. The normalized spacial score (nSPS) is 46.6. The number of ether oxygens (including phenoxy) is 3. The summed E-state index contributed by atoms with van der Waals surface area (Å²) >= 11 is 0. The van der Waals surface area contributed by atoms with Gasteiger partial charge in [0.15, 0.2) is 11.5 Å². The number of benzene rings is 1. The number of hydrogen-bond donors (Lipinski definition) is 1. The third-order valence-corrected chi connectivity index (χ3v) is 4.78. The van der Waals surface area contributed by atoms with E-state index in [0.29, 0.717) is 11.8 Å². The number of fused-ring (bicyclic) bond motifs is 3. The summed E-state index contributed by atoms with van der Waals surface area (Å²) in [6, 6.07) is -7.15. The van der Waals surface area contributed by atoms with Gasteiger partial charge in [-0.25, -0.2) is 0 Å². The minimum atomic E-state index is -3.54. The van der Waals surface area contributed by atoms with Gasteiger partial charge in [0.25, 0.3) is 0 Å². The molecule has 1 aromatic rings. The first kappa shape index (κ1) is 8.28. The van der Waals surface area contributed by atoms with Crippen molar-refractivity contribution in [1.29, 1.82) is 0 Å². The zero-order valence-electron chi connectivity index (χ0n) is 36.8. The van der Waals surface area contributed by atoms with Crippen molar-refractivity contribution in [3.05, 3.63) is 23.2 Å². The lowest BCUT2D eigenvalue weighted by atomic mass is 9.79. The Bertz CT molecular complexity index is 1510. The van der Waals surface area contributed by atoms with Crippen LogP contribution < -0.4 is 15.2 Å². The third-order valence-electron chi connectivity index (χ3n) is 4.78. The van der Waals surface area contributed by atoms with Crippen LogP contribution in [0.5, 0.6) is 11.5 Å². The van der Waals surface area contributed by atoms with Crippen LogP contribution in [-0.2, 0) is 15.9 Å². The summed E-state index contributed by atoms with van der Waals surface area (Å²) in [7, 11) is -6.92. The van der Waals surface area contributed by atoms with Crippen LogP contribution in [0.4, 0.5) is 0 Å². The fourth-order valence-corrected chi connectivity index (χ4v) is 3.12. The number of carbonyl (C=O) groups is 1. The van der Waals surface area contributed by atoms with Crippen LogP contribution in [0.25, 0.3) is 0 Å². The second-order valence-electron chi connectivity index (χ2n) is 7.31. The average molecular weight is 439 g/mol. The number of nitrogens with zero attached hydrogens (tertiary/aromatic N) is 1. The minimum absolute atomic E-state index is 0.310. The maximum absolute atomic E-state index is 13.3. The first-order chi connectivity index (χ1) is 21.9. The molecule has 2 heterocycles. The van der Waals surface area contributed by atoms with Crippen LogP contribution in [0.1, 0.15) is 85.0 Å². The Hall–Kier alpha value is -1.79. The Kier molecular flexibility index (Phi) is 2.64. The zero-order chi connectivity index (χ0) is 39.4. The molecular formula is C24H38N2O4. The van der Waals surface area contributed by atoms with Gasteiger partial charge in [-0.05, 0) is 47.8 Å². The molecule has 0 bridgehead atoms. The summed E-state index contributed by atoms with van der Waals surface area (Å²) in [5.74, 6) is -10.0. The maximum Gasteiger partial charge on any atom is 0.323 e. The molecule has 5 atom stereocenters. The van der Waals surface area contributed by atoms with Gasteiger partial charge < -0.3 is 19.9 Å². The van der Waals surface area contributed by atoms with Crippen molar-refractivity contribution >= 4 is 5.97 Å². The molecule has 1 aromatic carbocycles. The molecular weight excluding hydrogens is 380 g/mol. The Morgan fingerprint density at radius 2 is 2.17 bits per heavy atom. The number of nitrogens with two attached hydrogens (primary N) is 1. The van der Waals surface area contributed by atoms with E-state index in [-0.39, 0.29) is 0 Å². The SMILES string of the molecule is [2H]c1c(OC([2H])([2H])[2H])c(OC([2H])([2H])[2H])c([2H])c2c1C1([2H])CC([2H])(OC(=O)[C@@H](N)C(C)C)C(C([2H])([2H])C([2H])(C)C([2H])([2H])[2H])CN1C([2H])([2H])C2([2H])[2H]. The van der Waals surface area contributed by atoms with E-state index >= 15 is 0 Å². The number of carbonyl (C=O) groups excluding carboxylic acids is 1. The average Bonchev–Trinajstić information content (AvgIpc) is 2.88. The fourth-order valence-electron chi connectivity index (χ4n) is 3.12. The van der Waals surface area contributed by atoms with E-state index in [1.54, 1.807) is 0 Å². The molecule has 6 nitrogen and oxygen atoms in total. The molecule has 0 amide bonds. The number of methoxy groups -OCH3 is 2. The number of hydrogen-bond acceptors (Lipinski definition) is 6. The van der Waals surface area contributed by atoms with Crippen molar-refractivity contribution in [1.82, 2.24) is 4.90 Å². The molecule has 2 N–H and O–H groups in total. The van der Waals surface area contributed by atoms with Crippen LogP contribution in [-0.4, -0.2) is 50.1 Å². The largest absolute Gasteiger partial charge is 0.493 e. The van der Waals surface area contributed by atoms with Crippen molar-refractivity contribution in [3.8, 4) is 11.5 Å². The maximum atomic E-state index is 13.3. The summed E-state index contributed by atoms with van der Waals surface area (Å²) in [6.45, 7) is -4.63. The Morgan fingerprint density at radius 3 is 2.83 bits per heavy atom. The van der Waals surface area contributed by atoms with E-state index in [1.807, 2.05) is 0 Å². The number of piperidine rings is 1. The molecule has 168 valence electrons. The zero-order valence-corrected chi connectivity index (χ0v) is 16.8. The van der Waals surface area contributed by atoms with E-state index in [9.17, 15) is 7.54 Å². The first-order valence-corrected chi connectivity index (χ1v) is 9.25. The van der Waals surface area contributed by atoms with Gasteiger partial charge in [0, 0.05) is 45.1 Å². The van der Waals surface area contributed by atoms with Gasteiger partial charge in [0.1, 0.15) is 12.1 Å². The molecule has 6 heteroatoms. The molecule has 0 spiro atoms. The van der Waals surface area contributed by atoms with Gasteiger partial charge in [-0.3, -0.25) is 9.69 Å². The Morgan fingerprint density at radius 1 is 1.43 bits per heavy atom. The minimum Gasteiger partial charge on any atom is -0.493 e. The van der Waals surface area contributed by atoms with Gasteiger partial charge in [-0.15, -0.1) is 0 Å². The van der Waals surface area contributed by atoms with E-state index in [4.69, 9.17) is 44.6 Å². The molecule has 0 aromatic heterocycles. The van der Waals surface area contributed by atoms with E-state index < -0.39 is 130 Å². The lowest BCUT2D eigenvalue weighted by molar-refractivity contribution is -0.160. The van der Waals surface area contributed by atoms with Crippen molar-refractivity contribution in [2.24, 2.45) is 23.5 Å².